The van der Waals surface area contributed by atoms with Crippen LogP contribution in [-0.2, 0) is 4.84 Å². The van der Waals surface area contributed by atoms with Gasteiger partial charge in [-0.15, -0.1) is 5.01 Å². The van der Waals surface area contributed by atoms with Crippen molar-refractivity contribution in [3.63, 3.8) is 0 Å². The van der Waals surface area contributed by atoms with Gasteiger partial charge in [-0.05, 0) is 12.8 Å². The molecule has 0 aromatic heterocycles. The van der Waals surface area contributed by atoms with Crippen molar-refractivity contribution in [1.82, 2.24) is 5.01 Å². The van der Waals surface area contributed by atoms with E-state index < -0.39 is 0 Å². The maximum atomic E-state index is 10.0. The third-order valence-electron chi connectivity index (χ3n) is 1.56. The minimum Gasteiger partial charge on any atom is -0.734 e. The van der Waals surface area contributed by atoms with E-state index in [1.165, 1.54) is 7.11 Å². The van der Waals surface area contributed by atoms with E-state index in [1.54, 1.807) is 5.01 Å². The van der Waals surface area contributed by atoms with E-state index in [9.17, 15) is 5.21 Å². The molecule has 0 aliphatic carbocycles. The Morgan fingerprint density at radius 1 is 1.45 bits per heavy atom. The summed E-state index contributed by atoms with van der Waals surface area (Å²) in [6, 6.07) is 0. The fourth-order valence-electron chi connectivity index (χ4n) is 1.07. The van der Waals surface area contributed by atoms with Gasteiger partial charge in [0.2, 0.25) is 4.97 Å². The van der Waals surface area contributed by atoms with E-state index in [-0.39, 0.29) is 29.6 Å². The molecule has 1 aliphatic rings. The molecule has 0 saturated carbocycles. The zero-order chi connectivity index (χ0) is 7.40. The van der Waals surface area contributed by atoms with Crippen LogP contribution in [0.1, 0.15) is 12.8 Å². The summed E-state index contributed by atoms with van der Waals surface area (Å²) in [5.41, 5.74) is 0. The van der Waals surface area contributed by atoms with Crippen LogP contribution in [0.5, 0.6) is 0 Å². The molecule has 1 fully saturated rings. The number of hydrogen-bond acceptors (Lipinski definition) is 3. The monoisotopic (exact) mass is 168 g/mol. The molecule has 11 heavy (non-hydrogen) atoms. The van der Waals surface area contributed by atoms with Crippen LogP contribution >= 0.6 is 0 Å². The van der Waals surface area contributed by atoms with Crippen LogP contribution in [0, 0.1) is 5.21 Å². The van der Waals surface area contributed by atoms with Gasteiger partial charge >= 0.3 is 29.6 Å². The van der Waals surface area contributed by atoms with Gasteiger partial charge in [-0.2, -0.15) is 0 Å². The Hall–Kier alpha value is 0. The molecule has 0 radical (unpaired) electrons. The molecule has 5 nitrogen and oxygen atoms in total. The summed E-state index contributed by atoms with van der Waals surface area (Å²) in [5, 5.41) is 14.5. The molecule has 1 aliphatic heterocycles. The van der Waals surface area contributed by atoms with Crippen LogP contribution in [0.4, 0.5) is 0 Å². The van der Waals surface area contributed by atoms with Crippen molar-refractivity contribution in [2.45, 2.75) is 12.8 Å². The third kappa shape index (κ3) is 2.84. The fraction of sp³-hybridized carbons (Fsp3) is 1.00. The molecular weight excluding hydrogens is 157 g/mol. The van der Waals surface area contributed by atoms with Gasteiger partial charge in [-0.25, -0.2) is 4.84 Å². The molecular formula is C5H11N3NaO2+. The van der Waals surface area contributed by atoms with Crippen molar-refractivity contribution in [2.24, 2.45) is 5.28 Å². The van der Waals surface area contributed by atoms with Gasteiger partial charge in [0, 0.05) is 5.28 Å². The number of nitrogens with zero attached hydrogens (tertiary/aromatic N) is 3. The minimum atomic E-state index is 0. The van der Waals surface area contributed by atoms with Crippen LogP contribution in [-0.4, -0.2) is 30.2 Å². The second-order valence-corrected chi connectivity index (χ2v) is 2.18. The average Bonchev–Trinajstić information content (AvgIpc) is 2.43. The van der Waals surface area contributed by atoms with Gasteiger partial charge in [0.1, 0.15) is 0 Å². The molecule has 0 spiro atoms. The fourth-order valence-corrected chi connectivity index (χ4v) is 1.07. The van der Waals surface area contributed by atoms with Crippen LogP contribution in [0.15, 0.2) is 5.28 Å². The normalized spacial score (nSPS) is 17.9. The van der Waals surface area contributed by atoms with Crippen molar-refractivity contribution >= 4 is 0 Å². The molecule has 0 unspecified atom stereocenters. The molecule has 0 atom stereocenters. The smallest absolute Gasteiger partial charge is 0.734 e. The van der Waals surface area contributed by atoms with Gasteiger partial charge in [0.05, 0.1) is 13.1 Å². The Kier molecular flexibility index (Phi) is 5.62. The van der Waals surface area contributed by atoms with E-state index in [2.05, 4.69) is 10.1 Å². The summed E-state index contributed by atoms with van der Waals surface area (Å²) >= 11 is 0. The van der Waals surface area contributed by atoms with Crippen molar-refractivity contribution in [3.05, 3.63) is 5.21 Å². The van der Waals surface area contributed by atoms with E-state index in [0.717, 1.165) is 30.9 Å². The first-order chi connectivity index (χ1) is 4.88. The molecule has 0 N–H and O–H groups in total. The Bertz CT molecular complexity index is 136. The SMILES string of the molecule is CO/[N+](=N\[O-])N1CCCC1.[Na+]. The van der Waals surface area contributed by atoms with Crippen LogP contribution in [0.3, 0.4) is 0 Å². The van der Waals surface area contributed by atoms with Crippen molar-refractivity contribution in [2.75, 3.05) is 20.2 Å². The summed E-state index contributed by atoms with van der Waals surface area (Å²) in [5.74, 6) is 0. The first-order valence-corrected chi connectivity index (χ1v) is 3.31. The average molecular weight is 168 g/mol. The molecule has 0 amide bonds. The molecule has 1 rings (SSSR count). The van der Waals surface area contributed by atoms with E-state index in [4.69, 9.17) is 0 Å². The first-order valence-electron chi connectivity index (χ1n) is 3.31. The Morgan fingerprint density at radius 2 is 2.00 bits per heavy atom. The summed E-state index contributed by atoms with van der Waals surface area (Å²) < 4.78 is 0. The molecule has 6 heteroatoms. The van der Waals surface area contributed by atoms with E-state index in [1.807, 2.05) is 0 Å². The Morgan fingerprint density at radius 3 is 2.36 bits per heavy atom. The van der Waals surface area contributed by atoms with Crippen LogP contribution in [0.2, 0.25) is 0 Å². The molecule has 58 valence electrons. The molecule has 0 aromatic carbocycles. The summed E-state index contributed by atoms with van der Waals surface area (Å²) in [4.78, 5) is 5.66. The maximum absolute atomic E-state index is 10.0. The molecule has 1 heterocycles. The predicted molar refractivity (Wildman–Crippen MR) is 33.9 cm³/mol. The quantitative estimate of drug-likeness (QED) is 0.199. The van der Waals surface area contributed by atoms with E-state index >= 15 is 0 Å². The second kappa shape index (κ2) is 5.62. The van der Waals surface area contributed by atoms with Crippen LogP contribution in [0.25, 0.3) is 0 Å². The van der Waals surface area contributed by atoms with Crippen molar-refractivity contribution in [3.8, 4) is 0 Å². The standard InChI is InChI=1S/C5H11N3O2.Na/c1-10-8(6-9)7-4-2-3-5-7;/h2-5H2,1H3;/q;+1. The summed E-state index contributed by atoms with van der Waals surface area (Å²) in [6.07, 6.45) is 2.21. The van der Waals surface area contributed by atoms with Gasteiger partial charge in [-0.1, -0.05) is 0 Å². The molecule has 1 saturated heterocycles. The Balaban J connectivity index is 0.000001000. The van der Waals surface area contributed by atoms with E-state index in [0.29, 0.717) is 0 Å². The van der Waals surface area contributed by atoms with Crippen LogP contribution < -0.4 is 29.6 Å². The summed E-state index contributed by atoms with van der Waals surface area (Å²) in [7, 11) is 1.43. The topological polar surface area (TPSA) is 50.9 Å². The third-order valence-corrected chi connectivity index (χ3v) is 1.56. The van der Waals surface area contributed by atoms with Gasteiger partial charge in [0.15, 0.2) is 7.11 Å². The molecule has 0 bridgehead atoms. The van der Waals surface area contributed by atoms with Gasteiger partial charge < -0.3 is 5.21 Å². The number of hydrazine groups is 1. The zero-order valence-electron chi connectivity index (χ0n) is 6.99. The van der Waals surface area contributed by atoms with Gasteiger partial charge in [0.25, 0.3) is 0 Å². The largest absolute Gasteiger partial charge is 1.00 e. The predicted octanol–water partition coefficient (Wildman–Crippen LogP) is -2.47. The minimum absolute atomic E-state index is 0. The molecule has 0 aromatic rings. The van der Waals surface area contributed by atoms with Gasteiger partial charge in [-0.3, -0.25) is 0 Å². The zero-order valence-corrected chi connectivity index (χ0v) is 8.99. The number of rotatable bonds is 2. The van der Waals surface area contributed by atoms with Crippen molar-refractivity contribution in [1.29, 1.82) is 0 Å². The Labute approximate surface area is 87.8 Å². The number of hydrogen-bond donors (Lipinski definition) is 0. The van der Waals surface area contributed by atoms with Crippen molar-refractivity contribution < 1.29 is 39.4 Å². The second-order valence-electron chi connectivity index (χ2n) is 2.18. The summed E-state index contributed by atoms with van der Waals surface area (Å²) in [6.45, 7) is 1.72. The maximum Gasteiger partial charge on any atom is 1.00 e. The first kappa shape index (κ1) is 11.0.